The largest absolute Gasteiger partial charge is 0.312 e. The van der Waals surface area contributed by atoms with E-state index < -0.39 is 0 Å². The Morgan fingerprint density at radius 3 is 2.41 bits per heavy atom. The maximum Gasteiger partial charge on any atom is 0.0628 e. The quantitative estimate of drug-likeness (QED) is 0.853. The van der Waals surface area contributed by atoms with Gasteiger partial charge in [0.05, 0.1) is 5.69 Å². The molecule has 1 N–H and O–H groups in total. The van der Waals surface area contributed by atoms with Crippen LogP contribution in [0.2, 0.25) is 0 Å². The van der Waals surface area contributed by atoms with Crippen molar-refractivity contribution in [1.82, 2.24) is 15.1 Å². The van der Waals surface area contributed by atoms with Crippen LogP contribution in [0.4, 0.5) is 0 Å². The van der Waals surface area contributed by atoms with Crippen LogP contribution in [0.25, 0.3) is 0 Å². The van der Waals surface area contributed by atoms with Gasteiger partial charge in [-0.1, -0.05) is 6.92 Å². The van der Waals surface area contributed by atoms with Crippen LogP contribution in [0.5, 0.6) is 0 Å². The van der Waals surface area contributed by atoms with Gasteiger partial charge >= 0.3 is 0 Å². The second-order valence-electron chi connectivity index (χ2n) is 5.80. The Morgan fingerprint density at radius 2 is 1.88 bits per heavy atom. The molecule has 0 fully saturated rings. The van der Waals surface area contributed by atoms with Crippen molar-refractivity contribution in [2.75, 3.05) is 6.54 Å². The number of aryl methyl sites for hydroxylation is 2. The molecule has 3 heteroatoms. The van der Waals surface area contributed by atoms with Gasteiger partial charge in [0.15, 0.2) is 0 Å². The molecule has 0 aromatic carbocycles. The molecule has 1 heterocycles. The summed E-state index contributed by atoms with van der Waals surface area (Å²) in [6.45, 7) is 15.1. The van der Waals surface area contributed by atoms with E-state index in [-0.39, 0.29) is 5.54 Å². The zero-order chi connectivity index (χ0) is 13.1. The van der Waals surface area contributed by atoms with Crippen molar-refractivity contribution in [3.8, 4) is 0 Å². The smallest absolute Gasteiger partial charge is 0.0628 e. The van der Waals surface area contributed by atoms with Crippen LogP contribution in [0.3, 0.4) is 0 Å². The fourth-order valence-corrected chi connectivity index (χ4v) is 2.09. The van der Waals surface area contributed by atoms with Crippen LogP contribution in [0.1, 0.15) is 51.1 Å². The molecule has 0 aliphatic carbocycles. The fraction of sp³-hybridized carbons (Fsp3) is 0.786. The van der Waals surface area contributed by atoms with Crippen molar-refractivity contribution in [3.05, 3.63) is 17.0 Å². The van der Waals surface area contributed by atoms with Crippen LogP contribution in [-0.2, 0) is 13.0 Å². The predicted octanol–water partition coefficient (Wildman–Crippen LogP) is 2.84. The first-order valence-corrected chi connectivity index (χ1v) is 6.63. The van der Waals surface area contributed by atoms with Crippen molar-refractivity contribution in [2.24, 2.45) is 0 Å². The molecule has 1 aromatic rings. The normalized spacial score (nSPS) is 12.1. The Labute approximate surface area is 106 Å². The van der Waals surface area contributed by atoms with E-state index in [1.54, 1.807) is 0 Å². The second kappa shape index (κ2) is 5.67. The lowest BCUT2D eigenvalue weighted by molar-refractivity contribution is 0.429. The highest BCUT2D eigenvalue weighted by Crippen LogP contribution is 2.14. The lowest BCUT2D eigenvalue weighted by Gasteiger charge is -2.20. The van der Waals surface area contributed by atoms with Gasteiger partial charge < -0.3 is 5.32 Å². The first-order chi connectivity index (χ1) is 7.85. The first kappa shape index (κ1) is 14.2. The lowest BCUT2D eigenvalue weighted by atomic mass is 10.1. The monoisotopic (exact) mass is 237 g/mol. The molecule has 17 heavy (non-hydrogen) atoms. The van der Waals surface area contributed by atoms with Crippen LogP contribution in [0.15, 0.2) is 0 Å². The molecular weight excluding hydrogens is 210 g/mol. The number of hydrogen-bond acceptors (Lipinski definition) is 2. The summed E-state index contributed by atoms with van der Waals surface area (Å²) < 4.78 is 2.14. The van der Waals surface area contributed by atoms with Gasteiger partial charge in [-0.2, -0.15) is 5.10 Å². The van der Waals surface area contributed by atoms with Crippen molar-refractivity contribution < 1.29 is 0 Å². The van der Waals surface area contributed by atoms with Crippen LogP contribution in [-0.4, -0.2) is 21.9 Å². The summed E-state index contributed by atoms with van der Waals surface area (Å²) in [5, 5.41) is 8.13. The lowest BCUT2D eigenvalue weighted by Crippen LogP contribution is -2.37. The van der Waals surface area contributed by atoms with Crippen LogP contribution >= 0.6 is 0 Å². The molecule has 98 valence electrons. The molecule has 0 aliphatic rings. The maximum absolute atomic E-state index is 4.60. The minimum absolute atomic E-state index is 0.196. The molecule has 0 spiro atoms. The van der Waals surface area contributed by atoms with E-state index in [0.717, 1.165) is 25.9 Å². The molecule has 0 atom stereocenters. The molecule has 0 amide bonds. The van der Waals surface area contributed by atoms with Crippen LogP contribution < -0.4 is 5.32 Å². The zero-order valence-corrected chi connectivity index (χ0v) is 12.2. The second-order valence-corrected chi connectivity index (χ2v) is 5.80. The Kier molecular flexibility index (Phi) is 4.75. The number of nitrogens with zero attached hydrogens (tertiary/aromatic N) is 2. The van der Waals surface area contributed by atoms with Gasteiger partial charge in [0.25, 0.3) is 0 Å². The van der Waals surface area contributed by atoms with Crippen molar-refractivity contribution in [2.45, 2.75) is 66.5 Å². The zero-order valence-electron chi connectivity index (χ0n) is 12.2. The molecule has 0 unspecified atom stereocenters. The summed E-state index contributed by atoms with van der Waals surface area (Å²) >= 11 is 0. The summed E-state index contributed by atoms with van der Waals surface area (Å²) in [6, 6.07) is 0. The Bertz CT molecular complexity index is 358. The molecule has 0 aliphatic heterocycles. The summed E-state index contributed by atoms with van der Waals surface area (Å²) in [5.41, 5.74) is 4.13. The van der Waals surface area contributed by atoms with Gasteiger partial charge in [-0.3, -0.25) is 4.68 Å². The van der Waals surface area contributed by atoms with E-state index in [4.69, 9.17) is 0 Å². The van der Waals surface area contributed by atoms with E-state index in [9.17, 15) is 0 Å². The average Bonchev–Trinajstić information content (AvgIpc) is 2.44. The Morgan fingerprint density at radius 1 is 1.24 bits per heavy atom. The number of aromatic nitrogens is 2. The standard InChI is InChI=1S/C14H27N3/c1-7-10-17-12(3)13(11(2)16-17)8-9-15-14(4,5)6/h15H,7-10H2,1-6H3. The van der Waals surface area contributed by atoms with Gasteiger partial charge in [0.1, 0.15) is 0 Å². The van der Waals surface area contributed by atoms with Crippen molar-refractivity contribution in [1.29, 1.82) is 0 Å². The number of hydrogen-bond donors (Lipinski definition) is 1. The molecule has 0 bridgehead atoms. The highest BCUT2D eigenvalue weighted by Gasteiger charge is 2.12. The van der Waals surface area contributed by atoms with E-state index in [1.165, 1.54) is 17.0 Å². The van der Waals surface area contributed by atoms with E-state index >= 15 is 0 Å². The van der Waals surface area contributed by atoms with Crippen molar-refractivity contribution in [3.63, 3.8) is 0 Å². The number of nitrogens with one attached hydrogen (secondary N) is 1. The van der Waals surface area contributed by atoms with Gasteiger partial charge in [0.2, 0.25) is 0 Å². The fourth-order valence-electron chi connectivity index (χ4n) is 2.09. The maximum atomic E-state index is 4.60. The van der Waals surface area contributed by atoms with Gasteiger partial charge in [-0.15, -0.1) is 0 Å². The molecular formula is C14H27N3. The summed E-state index contributed by atoms with van der Waals surface area (Å²) in [6.07, 6.45) is 2.21. The molecule has 3 nitrogen and oxygen atoms in total. The average molecular weight is 237 g/mol. The third-order valence-corrected chi connectivity index (χ3v) is 3.00. The third-order valence-electron chi connectivity index (χ3n) is 3.00. The highest BCUT2D eigenvalue weighted by atomic mass is 15.3. The van der Waals surface area contributed by atoms with Crippen molar-refractivity contribution >= 4 is 0 Å². The SMILES string of the molecule is CCCn1nc(C)c(CCNC(C)(C)C)c1C. The van der Waals surface area contributed by atoms with E-state index in [1.807, 2.05) is 0 Å². The molecule has 1 rings (SSSR count). The van der Waals surface area contributed by atoms with Crippen LogP contribution in [0, 0.1) is 13.8 Å². The Hall–Kier alpha value is -0.830. The number of rotatable bonds is 5. The summed E-state index contributed by atoms with van der Waals surface area (Å²) in [5.74, 6) is 0. The highest BCUT2D eigenvalue weighted by molar-refractivity contribution is 5.24. The molecule has 0 saturated carbocycles. The minimum Gasteiger partial charge on any atom is -0.312 e. The summed E-state index contributed by atoms with van der Waals surface area (Å²) in [4.78, 5) is 0. The molecule has 0 saturated heterocycles. The predicted molar refractivity (Wildman–Crippen MR) is 73.5 cm³/mol. The van der Waals surface area contributed by atoms with E-state index in [2.05, 4.69) is 56.6 Å². The summed E-state index contributed by atoms with van der Waals surface area (Å²) in [7, 11) is 0. The molecule has 1 aromatic heterocycles. The van der Waals surface area contributed by atoms with Gasteiger partial charge in [-0.25, -0.2) is 0 Å². The van der Waals surface area contributed by atoms with E-state index in [0.29, 0.717) is 0 Å². The van der Waals surface area contributed by atoms with Gasteiger partial charge in [-0.05, 0) is 59.6 Å². The first-order valence-electron chi connectivity index (χ1n) is 6.63. The molecule has 0 radical (unpaired) electrons. The van der Waals surface area contributed by atoms with Gasteiger partial charge in [0, 0.05) is 17.8 Å². The Balaban J connectivity index is 2.65. The topological polar surface area (TPSA) is 29.9 Å². The minimum atomic E-state index is 0.196. The third kappa shape index (κ3) is 4.15.